The van der Waals surface area contributed by atoms with Crippen molar-refractivity contribution in [2.24, 2.45) is 0 Å². The molecule has 6 nitrogen and oxygen atoms in total. The maximum absolute atomic E-state index is 13.1. The zero-order chi connectivity index (χ0) is 38.0. The summed E-state index contributed by atoms with van der Waals surface area (Å²) >= 11 is 0. The van der Waals surface area contributed by atoms with E-state index < -0.39 is 0 Å². The molecule has 8 heteroatoms. The molecule has 0 saturated carbocycles. The summed E-state index contributed by atoms with van der Waals surface area (Å²) in [6.45, 7) is 0. The van der Waals surface area contributed by atoms with Crippen LogP contribution in [0.5, 0.6) is 11.5 Å². The van der Waals surface area contributed by atoms with E-state index in [0.29, 0.717) is 11.0 Å². The first kappa shape index (κ1) is 37.9. The molecule has 0 unspecified atom stereocenters. The number of rotatable bonds is 5. The second-order valence-electron chi connectivity index (χ2n) is 14.4. The number of pyridine rings is 2. The van der Waals surface area contributed by atoms with Crippen molar-refractivity contribution in [3.63, 3.8) is 0 Å². The zero-order valence-corrected chi connectivity index (χ0v) is 32.5. The van der Waals surface area contributed by atoms with Gasteiger partial charge >= 0.3 is 37.7 Å². The van der Waals surface area contributed by atoms with Crippen molar-refractivity contribution in [3.05, 3.63) is 182 Å². The van der Waals surface area contributed by atoms with Crippen LogP contribution >= 0.6 is 0 Å². The van der Waals surface area contributed by atoms with Crippen molar-refractivity contribution in [1.29, 1.82) is 0 Å². The molecule has 0 fully saturated rings. The molecule has 0 radical (unpaired) electrons. The fraction of sp³-hybridized carbons (Fsp3) is 0. The van der Waals surface area contributed by atoms with Crippen LogP contribution in [0.3, 0.4) is 0 Å². The molecule has 3 heterocycles. The monoisotopic (exact) mass is 746 g/mol. The van der Waals surface area contributed by atoms with Crippen molar-refractivity contribution in [2.75, 3.05) is 0 Å². The number of para-hydroxylation sites is 5. The Morgan fingerprint density at radius 2 is 0.949 bits per heavy atom. The Bertz CT molecular complexity index is 3390. The molecule has 59 heavy (non-hydrogen) atoms. The van der Waals surface area contributed by atoms with E-state index in [1.807, 2.05) is 66.7 Å². The van der Waals surface area contributed by atoms with Crippen LogP contribution in [0.15, 0.2) is 182 Å². The van der Waals surface area contributed by atoms with Crippen LogP contribution in [0.4, 0.5) is 0 Å². The molecule has 268 valence electrons. The molecule has 0 spiro atoms. The van der Waals surface area contributed by atoms with Crippen molar-refractivity contribution < 1.29 is 57.9 Å². The van der Waals surface area contributed by atoms with Gasteiger partial charge in [0.25, 0.3) is 0 Å². The minimum Gasteiger partial charge on any atom is -0.868 e. The van der Waals surface area contributed by atoms with Gasteiger partial charge in [-0.1, -0.05) is 115 Å². The Hall–Kier alpha value is -6.64. The van der Waals surface area contributed by atoms with Gasteiger partial charge in [0.1, 0.15) is 5.82 Å². The van der Waals surface area contributed by atoms with Crippen LogP contribution < -0.4 is 57.9 Å². The van der Waals surface area contributed by atoms with E-state index in [1.165, 1.54) is 0 Å². The van der Waals surface area contributed by atoms with Crippen molar-refractivity contribution in [2.45, 2.75) is 0 Å². The van der Waals surface area contributed by atoms with Gasteiger partial charge in [-0.3, -0.25) is 4.57 Å². The number of hydrogen-bond donors (Lipinski definition) is 0. The molecule has 0 aliphatic carbocycles. The summed E-state index contributed by atoms with van der Waals surface area (Å²) in [5.74, 6) is 0.771. The molecule has 0 saturated heterocycles. The summed E-state index contributed by atoms with van der Waals surface area (Å²) in [5, 5.41) is 32.0. The number of aromatic amines is 2. The molecule has 11 aromatic rings. The molecule has 2 N–H and O–H groups in total. The Morgan fingerprint density at radius 1 is 0.424 bits per heavy atom. The van der Waals surface area contributed by atoms with E-state index >= 15 is 0 Å². The van der Waals surface area contributed by atoms with Gasteiger partial charge in [-0.2, -0.15) is 0 Å². The standard InChI is InChI=1S/C51H32N4O2.2Li/c56-45-18-8-10-32-25-28-42(52-49(32)45)47-37-14-4-5-15-38(37)48(43-29-26-33-11-9-19-46(57)50(33)53-43)40-30-35(24-27-39(40)47)31-20-22-34(23-21-31)51-54-41-16-6-7-17-44(41)55(51)36-12-2-1-3-13-36;;/h1-30,56-57H;;/q;2*+1. The zero-order valence-electron chi connectivity index (χ0n) is 32.5. The molecule has 0 atom stereocenters. The summed E-state index contributed by atoms with van der Waals surface area (Å²) in [5.41, 5.74) is 11.0. The summed E-state index contributed by atoms with van der Waals surface area (Å²) < 4.78 is 2.21. The van der Waals surface area contributed by atoms with E-state index in [4.69, 9.17) is 4.98 Å². The summed E-state index contributed by atoms with van der Waals surface area (Å²) in [6.07, 6.45) is 0. The molecule has 3 aromatic heterocycles. The molecule has 0 bridgehead atoms. The topological polar surface area (TPSA) is 92.2 Å². The number of imidazole rings is 1. The maximum Gasteiger partial charge on any atom is 1.00 e. The summed E-state index contributed by atoms with van der Waals surface area (Å²) in [7, 11) is 0. The van der Waals surface area contributed by atoms with Gasteiger partial charge in [-0.05, 0) is 98.8 Å². The largest absolute Gasteiger partial charge is 1.00 e. The van der Waals surface area contributed by atoms with Crippen molar-refractivity contribution in [1.82, 2.24) is 9.55 Å². The van der Waals surface area contributed by atoms with Crippen LogP contribution in [0.1, 0.15) is 0 Å². The molecule has 0 aliphatic heterocycles. The number of aromatic nitrogens is 4. The minimum absolute atomic E-state index is 0. The fourth-order valence-electron chi connectivity index (χ4n) is 8.44. The Morgan fingerprint density at radius 3 is 1.59 bits per heavy atom. The molecular weight excluding hydrogens is 714 g/mol. The van der Waals surface area contributed by atoms with E-state index in [2.05, 4.69) is 106 Å². The number of hydrogen-bond acceptors (Lipinski definition) is 3. The molecule has 11 rings (SSSR count). The Kier molecular flexibility index (Phi) is 9.81. The first-order valence-electron chi connectivity index (χ1n) is 19.0. The second-order valence-corrected chi connectivity index (χ2v) is 14.4. The van der Waals surface area contributed by atoms with E-state index in [0.717, 1.165) is 94.1 Å². The van der Waals surface area contributed by atoms with Crippen LogP contribution in [0.25, 0.3) is 105 Å². The number of H-pyrrole nitrogens is 2. The Labute approximate surface area is 363 Å². The van der Waals surface area contributed by atoms with Crippen molar-refractivity contribution >= 4 is 54.4 Å². The first-order valence-corrected chi connectivity index (χ1v) is 19.0. The van der Waals surface area contributed by atoms with Crippen LogP contribution in [-0.2, 0) is 0 Å². The van der Waals surface area contributed by atoms with Gasteiger partial charge in [-0.15, -0.1) is 0 Å². The first-order chi connectivity index (χ1) is 28.1. The predicted molar refractivity (Wildman–Crippen MR) is 225 cm³/mol. The average molecular weight is 747 g/mol. The third kappa shape index (κ3) is 6.35. The quantitative estimate of drug-likeness (QED) is 0.197. The average Bonchev–Trinajstić information content (AvgIpc) is 3.66. The third-order valence-electron chi connectivity index (χ3n) is 11.1. The van der Waals surface area contributed by atoms with E-state index in [-0.39, 0.29) is 49.2 Å². The van der Waals surface area contributed by atoms with Gasteiger partial charge in [0.15, 0.2) is 0 Å². The molecule has 0 amide bonds. The number of nitrogens with zero attached hydrogens (tertiary/aromatic N) is 2. The van der Waals surface area contributed by atoms with Crippen LogP contribution in [0.2, 0.25) is 0 Å². The SMILES string of the molecule is [Li+].[Li+].[O-]c1cccc2ccc(-c3c4ccccc4c(-c4ccc5cccc([O-])c5[nH+]4)c4cc(-c5ccc(-c6nc7ccccc7n6-c6ccccc6)cc5)ccc34)[nH+]c12. The fourth-order valence-corrected chi connectivity index (χ4v) is 8.44. The normalized spacial score (nSPS) is 11.3. The summed E-state index contributed by atoms with van der Waals surface area (Å²) in [6, 6.07) is 60.9. The molecular formula is C51H32Li2N4O2+2. The van der Waals surface area contributed by atoms with Crippen LogP contribution in [0, 0.1) is 0 Å². The van der Waals surface area contributed by atoms with Crippen molar-refractivity contribution in [3.8, 4) is 62.2 Å². The van der Waals surface area contributed by atoms with Gasteiger partial charge < -0.3 is 10.2 Å². The summed E-state index contributed by atoms with van der Waals surface area (Å²) in [4.78, 5) is 12.1. The predicted octanol–water partition coefficient (Wildman–Crippen LogP) is 4.09. The van der Waals surface area contributed by atoms with Crippen LogP contribution in [-0.4, -0.2) is 9.55 Å². The maximum atomic E-state index is 13.1. The number of nitrogens with one attached hydrogen (secondary N) is 2. The minimum atomic E-state index is -0.0552. The second kappa shape index (κ2) is 15.3. The third-order valence-corrected chi connectivity index (χ3v) is 11.1. The molecule has 0 aliphatic rings. The number of benzene rings is 8. The smallest absolute Gasteiger partial charge is 0.868 e. The van der Waals surface area contributed by atoms with E-state index in [9.17, 15) is 10.2 Å². The van der Waals surface area contributed by atoms with Gasteiger partial charge in [0.05, 0.1) is 22.2 Å². The number of fused-ring (bicyclic) bond motifs is 5. The van der Waals surface area contributed by atoms with Gasteiger partial charge in [0.2, 0.25) is 22.4 Å². The van der Waals surface area contributed by atoms with Gasteiger partial charge in [0, 0.05) is 34.2 Å². The van der Waals surface area contributed by atoms with E-state index in [1.54, 1.807) is 24.3 Å². The Balaban J connectivity index is 0.00000224. The van der Waals surface area contributed by atoms with Gasteiger partial charge in [-0.25, -0.2) is 15.0 Å². The molecule has 8 aromatic carbocycles.